The highest BCUT2D eigenvalue weighted by Crippen LogP contribution is 2.27. The summed E-state index contributed by atoms with van der Waals surface area (Å²) >= 11 is 8.32. The second kappa shape index (κ2) is 7.75. The van der Waals surface area contributed by atoms with Crippen molar-refractivity contribution in [1.29, 1.82) is 5.26 Å². The minimum Gasteiger partial charge on any atom is -0.360 e. The Labute approximate surface area is 160 Å². The van der Waals surface area contributed by atoms with E-state index in [1.165, 1.54) is 11.3 Å². The summed E-state index contributed by atoms with van der Waals surface area (Å²) in [5.74, 6) is 0. The number of halogens is 2. The van der Waals surface area contributed by atoms with E-state index in [0.29, 0.717) is 10.6 Å². The first-order chi connectivity index (χ1) is 11.7. The van der Waals surface area contributed by atoms with Crippen LogP contribution in [0.5, 0.6) is 0 Å². The fourth-order valence-corrected chi connectivity index (χ4v) is 3.48. The molecule has 3 aromatic rings. The lowest BCUT2D eigenvalue weighted by molar-refractivity contribution is 1.36. The van der Waals surface area contributed by atoms with Gasteiger partial charge in [0, 0.05) is 31.8 Å². The average molecular weight is 461 g/mol. The Bertz CT molecular complexity index is 924. The van der Waals surface area contributed by atoms with Gasteiger partial charge in [-0.25, -0.2) is 4.98 Å². The van der Waals surface area contributed by atoms with Gasteiger partial charge in [0.15, 0.2) is 0 Å². The van der Waals surface area contributed by atoms with Crippen LogP contribution in [0.2, 0.25) is 0 Å². The summed E-state index contributed by atoms with van der Waals surface area (Å²) in [5, 5.41) is 15.2. The minimum absolute atomic E-state index is 0.504. The predicted octanol–water partition coefficient (Wildman–Crippen LogP) is 6.31. The highest BCUT2D eigenvalue weighted by molar-refractivity contribution is 9.10. The maximum Gasteiger partial charge on any atom is 0.136 e. The number of anilines is 1. The number of nitriles is 1. The molecule has 0 saturated heterocycles. The molecule has 1 heterocycles. The molecule has 1 N–H and O–H groups in total. The van der Waals surface area contributed by atoms with Crippen molar-refractivity contribution < 1.29 is 0 Å². The lowest BCUT2D eigenvalue weighted by Gasteiger charge is -2.01. The zero-order valence-electron chi connectivity index (χ0n) is 12.3. The predicted molar refractivity (Wildman–Crippen MR) is 107 cm³/mol. The normalized spacial score (nSPS) is 11.1. The summed E-state index contributed by atoms with van der Waals surface area (Å²) in [4.78, 5) is 4.58. The topological polar surface area (TPSA) is 48.7 Å². The van der Waals surface area contributed by atoms with Crippen LogP contribution in [0.4, 0.5) is 5.69 Å². The second-order valence-corrected chi connectivity index (χ2v) is 7.56. The van der Waals surface area contributed by atoms with E-state index >= 15 is 0 Å². The van der Waals surface area contributed by atoms with Gasteiger partial charge in [-0.1, -0.05) is 44.0 Å². The van der Waals surface area contributed by atoms with Crippen LogP contribution in [-0.4, -0.2) is 4.98 Å². The summed E-state index contributed by atoms with van der Waals surface area (Å²) in [5.41, 5.74) is 3.30. The van der Waals surface area contributed by atoms with Gasteiger partial charge >= 0.3 is 0 Å². The molecule has 0 aliphatic heterocycles. The van der Waals surface area contributed by atoms with E-state index in [1.807, 2.05) is 53.9 Å². The number of nitrogens with one attached hydrogen (secondary N) is 1. The van der Waals surface area contributed by atoms with E-state index in [9.17, 15) is 5.26 Å². The van der Waals surface area contributed by atoms with E-state index in [2.05, 4.69) is 48.2 Å². The SMILES string of the molecule is N#C/C(=C\Nc1ccc(Br)cc1)c1nc(-c2cccc(Br)c2)cs1. The third-order valence-corrected chi connectivity index (χ3v) is 5.10. The lowest BCUT2D eigenvalue weighted by atomic mass is 10.2. The van der Waals surface area contributed by atoms with Crippen LogP contribution in [0, 0.1) is 11.3 Å². The van der Waals surface area contributed by atoms with Gasteiger partial charge < -0.3 is 5.32 Å². The van der Waals surface area contributed by atoms with Gasteiger partial charge in [0.05, 0.1) is 5.69 Å². The molecule has 3 nitrogen and oxygen atoms in total. The van der Waals surface area contributed by atoms with Crippen molar-refractivity contribution in [3.8, 4) is 17.3 Å². The molecular weight excluding hydrogens is 450 g/mol. The van der Waals surface area contributed by atoms with Crippen LogP contribution in [0.1, 0.15) is 5.01 Å². The number of aromatic nitrogens is 1. The molecule has 0 fully saturated rings. The molecule has 0 amide bonds. The molecule has 24 heavy (non-hydrogen) atoms. The second-order valence-electron chi connectivity index (χ2n) is 4.87. The summed E-state index contributed by atoms with van der Waals surface area (Å²) in [6.45, 7) is 0. The van der Waals surface area contributed by atoms with Crippen molar-refractivity contribution >= 4 is 54.5 Å². The fourth-order valence-electron chi connectivity index (χ4n) is 2.02. The quantitative estimate of drug-likeness (QED) is 0.464. The third kappa shape index (κ3) is 4.12. The fraction of sp³-hybridized carbons (Fsp3) is 0. The molecule has 0 bridgehead atoms. The maximum atomic E-state index is 9.42. The highest BCUT2D eigenvalue weighted by Gasteiger charge is 2.09. The molecule has 0 spiro atoms. The largest absolute Gasteiger partial charge is 0.360 e. The molecular formula is C18H11Br2N3S. The van der Waals surface area contributed by atoms with Crippen LogP contribution < -0.4 is 5.32 Å². The Hall–Kier alpha value is -1.94. The van der Waals surface area contributed by atoms with Crippen LogP contribution >= 0.6 is 43.2 Å². The molecule has 0 unspecified atom stereocenters. The van der Waals surface area contributed by atoms with Crippen LogP contribution in [0.3, 0.4) is 0 Å². The Kier molecular flexibility index (Phi) is 5.46. The van der Waals surface area contributed by atoms with Gasteiger partial charge in [0.2, 0.25) is 0 Å². The summed E-state index contributed by atoms with van der Waals surface area (Å²) < 4.78 is 2.01. The summed E-state index contributed by atoms with van der Waals surface area (Å²) in [6, 6.07) is 17.9. The molecule has 3 rings (SSSR count). The Morgan fingerprint density at radius 3 is 2.62 bits per heavy atom. The standard InChI is InChI=1S/C18H11Br2N3S/c19-14-4-6-16(7-5-14)22-10-13(9-21)18-23-17(11-24-18)12-2-1-3-15(20)8-12/h1-8,10-11,22H/b13-10+. The summed E-state index contributed by atoms with van der Waals surface area (Å²) in [7, 11) is 0. The number of rotatable bonds is 4. The monoisotopic (exact) mass is 459 g/mol. The Balaban J connectivity index is 1.83. The highest BCUT2D eigenvalue weighted by atomic mass is 79.9. The van der Waals surface area contributed by atoms with E-state index in [1.54, 1.807) is 6.20 Å². The first kappa shape index (κ1) is 16.9. The molecule has 0 saturated carbocycles. The van der Waals surface area contributed by atoms with E-state index < -0.39 is 0 Å². The first-order valence-corrected chi connectivity index (χ1v) is 9.46. The molecule has 6 heteroatoms. The van der Waals surface area contributed by atoms with Gasteiger partial charge in [-0.3, -0.25) is 0 Å². The Morgan fingerprint density at radius 2 is 1.92 bits per heavy atom. The molecule has 0 aliphatic rings. The van der Waals surface area contributed by atoms with Crippen molar-refractivity contribution in [2.45, 2.75) is 0 Å². The minimum atomic E-state index is 0.504. The van der Waals surface area contributed by atoms with E-state index in [0.717, 1.165) is 25.9 Å². The number of benzene rings is 2. The van der Waals surface area contributed by atoms with Gasteiger partial charge in [-0.15, -0.1) is 11.3 Å². The van der Waals surface area contributed by atoms with Crippen molar-refractivity contribution in [1.82, 2.24) is 4.98 Å². The first-order valence-electron chi connectivity index (χ1n) is 7.00. The number of thiazole rings is 1. The Morgan fingerprint density at radius 1 is 1.12 bits per heavy atom. The molecule has 1 aromatic heterocycles. The number of allylic oxidation sites excluding steroid dienone is 1. The van der Waals surface area contributed by atoms with E-state index in [-0.39, 0.29) is 0 Å². The zero-order chi connectivity index (χ0) is 16.9. The average Bonchev–Trinajstić information content (AvgIpc) is 3.07. The number of nitrogens with zero attached hydrogens (tertiary/aromatic N) is 2. The van der Waals surface area contributed by atoms with Gasteiger partial charge in [0.1, 0.15) is 16.6 Å². The molecule has 118 valence electrons. The molecule has 0 atom stereocenters. The van der Waals surface area contributed by atoms with Crippen LogP contribution in [0.25, 0.3) is 16.8 Å². The van der Waals surface area contributed by atoms with Gasteiger partial charge in [-0.2, -0.15) is 5.26 Å². The van der Waals surface area contributed by atoms with Gasteiger partial charge in [0.25, 0.3) is 0 Å². The van der Waals surface area contributed by atoms with Crippen molar-refractivity contribution in [2.24, 2.45) is 0 Å². The maximum absolute atomic E-state index is 9.42. The van der Waals surface area contributed by atoms with Crippen molar-refractivity contribution in [2.75, 3.05) is 5.32 Å². The van der Waals surface area contributed by atoms with Crippen LogP contribution in [-0.2, 0) is 0 Å². The number of hydrogen-bond acceptors (Lipinski definition) is 4. The third-order valence-electron chi connectivity index (χ3n) is 3.20. The lowest BCUT2D eigenvalue weighted by Crippen LogP contribution is -1.90. The van der Waals surface area contributed by atoms with Crippen LogP contribution in [0.15, 0.2) is 69.1 Å². The van der Waals surface area contributed by atoms with Crippen molar-refractivity contribution in [3.63, 3.8) is 0 Å². The smallest absolute Gasteiger partial charge is 0.136 e. The zero-order valence-corrected chi connectivity index (χ0v) is 16.3. The van der Waals surface area contributed by atoms with Gasteiger partial charge in [-0.05, 0) is 36.4 Å². The molecule has 0 aliphatic carbocycles. The van der Waals surface area contributed by atoms with E-state index in [4.69, 9.17) is 0 Å². The molecule has 2 aromatic carbocycles. The molecule has 0 radical (unpaired) electrons. The summed E-state index contributed by atoms with van der Waals surface area (Å²) in [6.07, 6.45) is 1.69. The number of hydrogen-bond donors (Lipinski definition) is 1. The van der Waals surface area contributed by atoms with Crippen molar-refractivity contribution in [3.05, 3.63) is 74.1 Å².